The fraction of sp³-hybridized carbons (Fsp3) is 0.600. The number of aliphatic hydroxyl groups is 1. The lowest BCUT2D eigenvalue weighted by Crippen LogP contribution is -2.38. The number of hydrogen-bond acceptors (Lipinski definition) is 3. The molecular weight excluding hydrogens is 228 g/mol. The molecule has 1 fully saturated rings. The van der Waals surface area contributed by atoms with Gasteiger partial charge in [0.15, 0.2) is 0 Å². The first-order valence-corrected chi connectivity index (χ1v) is 6.43. The molecule has 0 heterocycles. The fourth-order valence-electron chi connectivity index (χ4n) is 2.85. The van der Waals surface area contributed by atoms with Crippen LogP contribution in [-0.2, 0) is 5.41 Å². The smallest absolute Gasteiger partial charge is 0.126 e. The zero-order chi connectivity index (χ0) is 13.3. The Morgan fingerprint density at radius 1 is 1.17 bits per heavy atom. The van der Waals surface area contributed by atoms with Crippen LogP contribution in [0.5, 0.6) is 11.5 Å². The topological polar surface area (TPSA) is 38.7 Å². The van der Waals surface area contributed by atoms with E-state index in [1.54, 1.807) is 14.2 Å². The lowest BCUT2D eigenvalue weighted by Gasteiger charge is -2.42. The molecule has 0 atom stereocenters. The number of hydrogen-bond donors (Lipinski definition) is 1. The van der Waals surface area contributed by atoms with Crippen LogP contribution in [0.15, 0.2) is 6.07 Å². The van der Waals surface area contributed by atoms with Crippen LogP contribution in [0.2, 0.25) is 0 Å². The molecule has 0 radical (unpaired) electrons. The molecule has 1 aliphatic carbocycles. The third-order valence-electron chi connectivity index (χ3n) is 4.40. The van der Waals surface area contributed by atoms with E-state index < -0.39 is 0 Å². The summed E-state index contributed by atoms with van der Waals surface area (Å²) in [7, 11) is 3.38. The lowest BCUT2D eigenvalue weighted by molar-refractivity contribution is 0.117. The van der Waals surface area contributed by atoms with Crippen LogP contribution in [0.25, 0.3) is 0 Å². The second kappa shape index (κ2) is 4.81. The Balaban J connectivity index is 2.61. The molecule has 1 aliphatic rings. The van der Waals surface area contributed by atoms with E-state index in [0.29, 0.717) is 0 Å². The van der Waals surface area contributed by atoms with Gasteiger partial charge in [-0.1, -0.05) is 6.42 Å². The first-order valence-electron chi connectivity index (χ1n) is 6.43. The molecule has 3 heteroatoms. The van der Waals surface area contributed by atoms with E-state index >= 15 is 0 Å². The van der Waals surface area contributed by atoms with Gasteiger partial charge in [0.05, 0.1) is 20.8 Å². The maximum atomic E-state index is 9.74. The molecule has 3 nitrogen and oxygen atoms in total. The van der Waals surface area contributed by atoms with Gasteiger partial charge in [-0.15, -0.1) is 0 Å². The summed E-state index contributed by atoms with van der Waals surface area (Å²) in [5.41, 5.74) is 3.17. The third kappa shape index (κ3) is 1.77. The van der Waals surface area contributed by atoms with Crippen molar-refractivity contribution in [1.82, 2.24) is 0 Å². The molecule has 1 aromatic carbocycles. The largest absolute Gasteiger partial charge is 0.496 e. The first kappa shape index (κ1) is 13.2. The van der Waals surface area contributed by atoms with Crippen molar-refractivity contribution >= 4 is 0 Å². The van der Waals surface area contributed by atoms with Gasteiger partial charge in [-0.3, -0.25) is 0 Å². The van der Waals surface area contributed by atoms with Gasteiger partial charge < -0.3 is 14.6 Å². The highest BCUT2D eigenvalue weighted by molar-refractivity contribution is 5.56. The minimum Gasteiger partial charge on any atom is -0.496 e. The minimum atomic E-state index is -0.128. The van der Waals surface area contributed by atoms with Crippen molar-refractivity contribution in [3.8, 4) is 11.5 Å². The highest BCUT2D eigenvalue weighted by Crippen LogP contribution is 2.49. The Morgan fingerprint density at radius 2 is 1.83 bits per heavy atom. The summed E-state index contributed by atoms with van der Waals surface area (Å²) in [5.74, 6) is 1.78. The summed E-state index contributed by atoms with van der Waals surface area (Å²) >= 11 is 0. The molecule has 0 amide bonds. The van der Waals surface area contributed by atoms with Crippen LogP contribution < -0.4 is 9.47 Å². The third-order valence-corrected chi connectivity index (χ3v) is 4.40. The van der Waals surface area contributed by atoms with Crippen molar-refractivity contribution in [2.45, 2.75) is 38.5 Å². The van der Waals surface area contributed by atoms with Gasteiger partial charge in [0.1, 0.15) is 11.5 Å². The molecule has 2 rings (SSSR count). The first-order chi connectivity index (χ1) is 8.59. The normalized spacial score (nSPS) is 17.2. The van der Waals surface area contributed by atoms with Crippen molar-refractivity contribution in [2.75, 3.05) is 20.8 Å². The lowest BCUT2D eigenvalue weighted by atomic mass is 9.64. The molecule has 0 unspecified atom stereocenters. The Hall–Kier alpha value is -1.22. The van der Waals surface area contributed by atoms with Crippen LogP contribution in [0, 0.1) is 13.8 Å². The SMILES string of the molecule is COc1cc(C2(CO)CCC2)c(OC)c(C)c1C. The van der Waals surface area contributed by atoms with Crippen LogP contribution in [0.4, 0.5) is 0 Å². The summed E-state index contributed by atoms with van der Waals surface area (Å²) < 4.78 is 11.0. The summed E-state index contributed by atoms with van der Waals surface area (Å²) in [6, 6.07) is 2.04. The van der Waals surface area contributed by atoms with Crippen molar-refractivity contribution in [1.29, 1.82) is 0 Å². The quantitative estimate of drug-likeness (QED) is 0.893. The fourth-order valence-corrected chi connectivity index (χ4v) is 2.85. The Labute approximate surface area is 109 Å². The predicted molar refractivity (Wildman–Crippen MR) is 71.6 cm³/mol. The van der Waals surface area contributed by atoms with Crippen molar-refractivity contribution < 1.29 is 14.6 Å². The standard InChI is InChI=1S/C15H22O3/c1-10-11(2)14(18-4)12(8-13(10)17-3)15(9-16)6-5-7-15/h8,16H,5-7,9H2,1-4H3. The molecule has 1 N–H and O–H groups in total. The Kier molecular flexibility index (Phi) is 3.53. The second-order valence-corrected chi connectivity index (χ2v) is 5.20. The molecule has 0 aliphatic heterocycles. The van der Waals surface area contributed by atoms with E-state index in [1.165, 1.54) is 6.42 Å². The monoisotopic (exact) mass is 250 g/mol. The van der Waals surface area contributed by atoms with E-state index in [1.807, 2.05) is 19.9 Å². The Bertz CT molecular complexity index is 442. The van der Waals surface area contributed by atoms with Gasteiger partial charge in [-0.25, -0.2) is 0 Å². The minimum absolute atomic E-state index is 0.128. The van der Waals surface area contributed by atoms with Gasteiger partial charge in [-0.05, 0) is 43.9 Å². The average Bonchev–Trinajstić information content (AvgIpc) is 2.33. The molecule has 18 heavy (non-hydrogen) atoms. The van der Waals surface area contributed by atoms with Gasteiger partial charge in [0.2, 0.25) is 0 Å². The van der Waals surface area contributed by atoms with E-state index in [0.717, 1.165) is 41.0 Å². The molecule has 1 saturated carbocycles. The molecule has 0 saturated heterocycles. The molecule has 0 spiro atoms. The maximum Gasteiger partial charge on any atom is 0.126 e. The van der Waals surface area contributed by atoms with E-state index in [2.05, 4.69) is 0 Å². The van der Waals surface area contributed by atoms with Gasteiger partial charge in [-0.2, -0.15) is 0 Å². The van der Waals surface area contributed by atoms with Crippen LogP contribution >= 0.6 is 0 Å². The van der Waals surface area contributed by atoms with Crippen molar-refractivity contribution in [3.63, 3.8) is 0 Å². The number of ether oxygens (including phenoxy) is 2. The molecule has 0 aromatic heterocycles. The van der Waals surface area contributed by atoms with E-state index in [-0.39, 0.29) is 12.0 Å². The molecule has 100 valence electrons. The van der Waals surface area contributed by atoms with Crippen LogP contribution in [-0.4, -0.2) is 25.9 Å². The van der Waals surface area contributed by atoms with Crippen LogP contribution in [0.1, 0.15) is 36.0 Å². The molecular formula is C15H22O3. The Morgan fingerprint density at radius 3 is 2.22 bits per heavy atom. The van der Waals surface area contributed by atoms with Crippen molar-refractivity contribution in [2.24, 2.45) is 0 Å². The zero-order valence-electron chi connectivity index (χ0n) is 11.7. The maximum absolute atomic E-state index is 9.74. The number of benzene rings is 1. The molecule has 1 aromatic rings. The van der Waals surface area contributed by atoms with Gasteiger partial charge >= 0.3 is 0 Å². The van der Waals surface area contributed by atoms with Gasteiger partial charge in [0, 0.05) is 11.0 Å². The number of aliphatic hydroxyl groups excluding tert-OH is 1. The average molecular weight is 250 g/mol. The number of rotatable bonds is 4. The zero-order valence-corrected chi connectivity index (χ0v) is 11.7. The highest BCUT2D eigenvalue weighted by atomic mass is 16.5. The van der Waals surface area contributed by atoms with Crippen LogP contribution in [0.3, 0.4) is 0 Å². The van der Waals surface area contributed by atoms with E-state index in [9.17, 15) is 5.11 Å². The summed E-state index contributed by atoms with van der Waals surface area (Å²) in [6.07, 6.45) is 3.20. The summed E-state index contributed by atoms with van der Waals surface area (Å²) in [6.45, 7) is 4.26. The highest BCUT2D eigenvalue weighted by Gasteiger charge is 2.41. The summed E-state index contributed by atoms with van der Waals surface area (Å²) in [4.78, 5) is 0. The summed E-state index contributed by atoms with van der Waals surface area (Å²) in [5, 5.41) is 9.74. The number of methoxy groups -OCH3 is 2. The molecule has 0 bridgehead atoms. The second-order valence-electron chi connectivity index (χ2n) is 5.20. The predicted octanol–water partition coefficient (Wildman–Crippen LogP) is 2.73. The van der Waals surface area contributed by atoms with E-state index in [4.69, 9.17) is 9.47 Å². The van der Waals surface area contributed by atoms with Crippen molar-refractivity contribution in [3.05, 3.63) is 22.8 Å². The van der Waals surface area contributed by atoms with Gasteiger partial charge in [0.25, 0.3) is 0 Å².